The van der Waals surface area contributed by atoms with Crippen LogP contribution in [0.2, 0.25) is 0 Å². The summed E-state index contributed by atoms with van der Waals surface area (Å²) in [5.74, 6) is -0.411. The molecule has 1 atom stereocenters. The first-order valence-electron chi connectivity index (χ1n) is 6.72. The van der Waals surface area contributed by atoms with Crippen molar-refractivity contribution in [3.8, 4) is 0 Å². The van der Waals surface area contributed by atoms with Gasteiger partial charge in [-0.2, -0.15) is 0 Å². The van der Waals surface area contributed by atoms with Crippen LogP contribution in [0, 0.1) is 5.82 Å². The topological polar surface area (TPSA) is 46.6 Å². The lowest BCUT2D eigenvalue weighted by molar-refractivity contribution is -0.140. The van der Waals surface area contributed by atoms with E-state index in [1.165, 1.54) is 31.0 Å². The van der Waals surface area contributed by atoms with Gasteiger partial charge in [0.1, 0.15) is 5.82 Å². The number of nitrogens with zero attached hydrogens (tertiary/aromatic N) is 1. The molecule has 1 rings (SSSR count). The number of hydrogen-bond donors (Lipinski definition) is 0. The molecule has 1 aromatic carbocycles. The molecule has 0 aromatic heterocycles. The highest BCUT2D eigenvalue weighted by molar-refractivity contribution is 8.00. The minimum atomic E-state index is -0.330. The first kappa shape index (κ1) is 17.5. The number of hydrogen-bond acceptors (Lipinski definition) is 4. The summed E-state index contributed by atoms with van der Waals surface area (Å²) in [5.41, 5.74) is 0.671. The summed E-state index contributed by atoms with van der Waals surface area (Å²) >= 11 is 1.40. The van der Waals surface area contributed by atoms with Gasteiger partial charge in [0.15, 0.2) is 0 Å². The van der Waals surface area contributed by atoms with Crippen LogP contribution < -0.4 is 4.90 Å². The van der Waals surface area contributed by atoms with E-state index in [1.54, 1.807) is 17.0 Å². The molecule has 0 saturated heterocycles. The molecule has 0 aliphatic rings. The van der Waals surface area contributed by atoms with Crippen molar-refractivity contribution in [3.63, 3.8) is 0 Å². The molecular weight excluding hydrogens is 293 g/mol. The van der Waals surface area contributed by atoms with Crippen molar-refractivity contribution in [2.45, 2.75) is 25.5 Å². The standard InChI is InChI=1S/C15H20FNO3S/c1-4-17(13-7-5-12(16)6-8-13)14(18)10-21-11(2)9-15(19)20-3/h5-8,11H,4,9-10H2,1-3H3. The fourth-order valence-corrected chi connectivity index (χ4v) is 2.63. The van der Waals surface area contributed by atoms with Gasteiger partial charge in [-0.25, -0.2) is 4.39 Å². The summed E-state index contributed by atoms with van der Waals surface area (Å²) < 4.78 is 17.5. The van der Waals surface area contributed by atoms with E-state index in [4.69, 9.17) is 0 Å². The van der Waals surface area contributed by atoms with Crippen molar-refractivity contribution in [2.75, 3.05) is 24.3 Å². The molecule has 4 nitrogen and oxygen atoms in total. The summed E-state index contributed by atoms with van der Waals surface area (Å²) in [6.45, 7) is 4.25. The zero-order chi connectivity index (χ0) is 15.8. The average molecular weight is 313 g/mol. The van der Waals surface area contributed by atoms with Crippen LogP contribution >= 0.6 is 11.8 Å². The van der Waals surface area contributed by atoms with Gasteiger partial charge < -0.3 is 9.64 Å². The SMILES string of the molecule is CCN(C(=O)CSC(C)CC(=O)OC)c1ccc(F)cc1. The third-order valence-corrected chi connectivity index (χ3v) is 4.08. The number of anilines is 1. The highest BCUT2D eigenvalue weighted by Crippen LogP contribution is 2.19. The van der Waals surface area contributed by atoms with Crippen molar-refractivity contribution in [3.05, 3.63) is 30.1 Å². The number of esters is 1. The zero-order valence-corrected chi connectivity index (χ0v) is 13.3. The summed E-state index contributed by atoms with van der Waals surface area (Å²) in [6.07, 6.45) is 0.275. The predicted molar refractivity (Wildman–Crippen MR) is 83.0 cm³/mol. The van der Waals surface area contributed by atoms with Gasteiger partial charge in [0.05, 0.1) is 19.3 Å². The third-order valence-electron chi connectivity index (χ3n) is 2.93. The molecule has 0 radical (unpaired) electrons. The molecule has 0 aliphatic carbocycles. The largest absolute Gasteiger partial charge is 0.469 e. The second-order valence-corrected chi connectivity index (χ2v) is 5.94. The van der Waals surface area contributed by atoms with Crippen LogP contribution in [-0.4, -0.2) is 36.5 Å². The molecule has 0 aliphatic heterocycles. The molecule has 1 unspecified atom stereocenters. The normalized spacial score (nSPS) is 11.8. The van der Waals surface area contributed by atoms with Gasteiger partial charge in [-0.3, -0.25) is 9.59 Å². The van der Waals surface area contributed by atoms with Crippen LogP contribution in [0.15, 0.2) is 24.3 Å². The number of benzene rings is 1. The fraction of sp³-hybridized carbons (Fsp3) is 0.467. The van der Waals surface area contributed by atoms with Crippen LogP contribution in [0.1, 0.15) is 20.3 Å². The fourth-order valence-electron chi connectivity index (χ4n) is 1.79. The third kappa shape index (κ3) is 5.75. The van der Waals surface area contributed by atoms with E-state index < -0.39 is 0 Å². The maximum absolute atomic E-state index is 12.9. The molecule has 0 bridgehead atoms. The average Bonchev–Trinajstić information content (AvgIpc) is 2.47. The Bertz CT molecular complexity index is 478. The number of amides is 1. The maximum atomic E-state index is 12.9. The lowest BCUT2D eigenvalue weighted by Gasteiger charge is -2.21. The summed E-state index contributed by atoms with van der Waals surface area (Å²) in [5, 5.41) is 0.00771. The molecule has 1 amide bonds. The van der Waals surface area contributed by atoms with E-state index in [0.29, 0.717) is 12.2 Å². The minimum absolute atomic E-state index is 0.00771. The Hall–Kier alpha value is -1.56. The van der Waals surface area contributed by atoms with Gasteiger partial charge in [-0.15, -0.1) is 11.8 Å². The van der Waals surface area contributed by atoms with Gasteiger partial charge in [0, 0.05) is 17.5 Å². The molecule has 0 fully saturated rings. The maximum Gasteiger partial charge on any atom is 0.306 e. The number of rotatable bonds is 7. The Labute approximate surface area is 128 Å². The molecule has 6 heteroatoms. The number of halogens is 1. The van der Waals surface area contributed by atoms with Gasteiger partial charge in [-0.1, -0.05) is 6.92 Å². The number of methoxy groups -OCH3 is 1. The van der Waals surface area contributed by atoms with Crippen LogP contribution in [0.25, 0.3) is 0 Å². The molecular formula is C15H20FNO3S. The van der Waals surface area contributed by atoms with Crippen molar-refractivity contribution in [1.29, 1.82) is 0 Å². The first-order chi connectivity index (χ1) is 9.97. The lowest BCUT2D eigenvalue weighted by Crippen LogP contribution is -2.32. The van der Waals surface area contributed by atoms with Crippen molar-refractivity contribution in [2.24, 2.45) is 0 Å². The van der Waals surface area contributed by atoms with E-state index in [2.05, 4.69) is 4.74 Å². The van der Waals surface area contributed by atoms with E-state index in [9.17, 15) is 14.0 Å². The lowest BCUT2D eigenvalue weighted by atomic mass is 10.3. The van der Waals surface area contributed by atoms with Gasteiger partial charge in [0.25, 0.3) is 0 Å². The predicted octanol–water partition coefficient (Wildman–Crippen LogP) is 2.86. The summed E-state index contributed by atoms with van der Waals surface area (Å²) in [7, 11) is 1.35. The summed E-state index contributed by atoms with van der Waals surface area (Å²) in [6, 6.07) is 5.83. The highest BCUT2D eigenvalue weighted by Gasteiger charge is 2.17. The second kappa shape index (κ2) is 8.67. The van der Waals surface area contributed by atoms with E-state index in [0.717, 1.165) is 0 Å². The van der Waals surface area contributed by atoms with Crippen molar-refractivity contribution in [1.82, 2.24) is 0 Å². The van der Waals surface area contributed by atoms with Gasteiger partial charge in [-0.05, 0) is 31.2 Å². The Morgan fingerprint density at radius 3 is 2.48 bits per heavy atom. The minimum Gasteiger partial charge on any atom is -0.469 e. The highest BCUT2D eigenvalue weighted by atomic mass is 32.2. The number of carbonyl (C=O) groups is 2. The number of carbonyl (C=O) groups excluding carboxylic acids is 2. The molecule has 1 aromatic rings. The second-order valence-electron chi connectivity index (χ2n) is 4.52. The molecule has 0 heterocycles. The van der Waals surface area contributed by atoms with Crippen molar-refractivity contribution < 1.29 is 18.7 Å². The van der Waals surface area contributed by atoms with Crippen LogP contribution in [0.4, 0.5) is 10.1 Å². The molecule has 116 valence electrons. The monoisotopic (exact) mass is 313 g/mol. The molecule has 21 heavy (non-hydrogen) atoms. The zero-order valence-electron chi connectivity index (χ0n) is 12.5. The van der Waals surface area contributed by atoms with Crippen molar-refractivity contribution >= 4 is 29.3 Å². The van der Waals surface area contributed by atoms with E-state index in [1.807, 2.05) is 13.8 Å². The first-order valence-corrected chi connectivity index (χ1v) is 7.77. The Kier molecular flexibility index (Phi) is 7.22. The summed E-state index contributed by atoms with van der Waals surface area (Å²) in [4.78, 5) is 25.0. The Morgan fingerprint density at radius 1 is 1.33 bits per heavy atom. The Morgan fingerprint density at radius 2 is 1.95 bits per heavy atom. The molecule has 0 spiro atoms. The Balaban J connectivity index is 2.56. The van der Waals surface area contributed by atoms with Crippen LogP contribution in [-0.2, 0) is 14.3 Å². The van der Waals surface area contributed by atoms with Gasteiger partial charge in [0.2, 0.25) is 5.91 Å². The smallest absolute Gasteiger partial charge is 0.306 e. The van der Waals surface area contributed by atoms with E-state index in [-0.39, 0.29) is 35.1 Å². The number of ether oxygens (including phenoxy) is 1. The van der Waals surface area contributed by atoms with Gasteiger partial charge >= 0.3 is 5.97 Å². The quantitative estimate of drug-likeness (QED) is 0.726. The van der Waals surface area contributed by atoms with E-state index >= 15 is 0 Å². The molecule has 0 N–H and O–H groups in total. The molecule has 0 saturated carbocycles. The van der Waals surface area contributed by atoms with Crippen LogP contribution in [0.3, 0.4) is 0 Å². The van der Waals surface area contributed by atoms with Crippen LogP contribution in [0.5, 0.6) is 0 Å². The number of thioether (sulfide) groups is 1.